The van der Waals surface area contributed by atoms with E-state index in [0.29, 0.717) is 10.9 Å². The highest BCUT2D eigenvalue weighted by molar-refractivity contribution is 7.80. The van der Waals surface area contributed by atoms with Crippen LogP contribution in [0.5, 0.6) is 5.75 Å². The third-order valence-electron chi connectivity index (χ3n) is 2.82. The van der Waals surface area contributed by atoms with E-state index in [1.54, 1.807) is 7.11 Å². The lowest BCUT2D eigenvalue weighted by atomic mass is 9.89. The van der Waals surface area contributed by atoms with E-state index < -0.39 is 0 Å². The number of hydrogen-bond donors (Lipinski definition) is 1. The van der Waals surface area contributed by atoms with E-state index in [1.807, 2.05) is 25.1 Å². The smallest absolute Gasteiger partial charge is 0.119 e. The van der Waals surface area contributed by atoms with Gasteiger partial charge in [-0.3, -0.25) is 0 Å². The molecule has 0 heterocycles. The highest BCUT2D eigenvalue weighted by Crippen LogP contribution is 2.26. The van der Waals surface area contributed by atoms with Crippen LogP contribution in [0.1, 0.15) is 25.3 Å². The van der Waals surface area contributed by atoms with Gasteiger partial charge in [-0.2, -0.15) is 0 Å². The van der Waals surface area contributed by atoms with E-state index in [1.165, 1.54) is 5.56 Å². The fraction of sp³-hybridized carbons (Fsp3) is 0.417. The zero-order valence-corrected chi connectivity index (χ0v) is 10.2. The molecule has 15 heavy (non-hydrogen) atoms. The van der Waals surface area contributed by atoms with Crippen molar-refractivity contribution >= 4 is 17.2 Å². The molecular formula is C12H17NOS. The van der Waals surface area contributed by atoms with Crippen LogP contribution < -0.4 is 10.5 Å². The Bertz CT molecular complexity index is 351. The highest BCUT2D eigenvalue weighted by atomic mass is 32.1. The first-order valence-corrected chi connectivity index (χ1v) is 5.40. The van der Waals surface area contributed by atoms with Crippen molar-refractivity contribution in [2.45, 2.75) is 19.8 Å². The fourth-order valence-electron chi connectivity index (χ4n) is 1.46. The van der Waals surface area contributed by atoms with E-state index in [0.717, 1.165) is 5.75 Å². The van der Waals surface area contributed by atoms with Crippen LogP contribution >= 0.6 is 12.2 Å². The average Bonchev–Trinajstić information content (AvgIpc) is 2.27. The van der Waals surface area contributed by atoms with Gasteiger partial charge in [-0.1, -0.05) is 38.2 Å². The molecule has 0 fully saturated rings. The summed E-state index contributed by atoms with van der Waals surface area (Å²) in [6, 6.07) is 8.01. The van der Waals surface area contributed by atoms with Crippen molar-refractivity contribution in [2.24, 2.45) is 11.7 Å². The van der Waals surface area contributed by atoms with E-state index >= 15 is 0 Å². The average molecular weight is 223 g/mol. The van der Waals surface area contributed by atoms with E-state index in [2.05, 4.69) is 13.0 Å². The third kappa shape index (κ3) is 2.93. The topological polar surface area (TPSA) is 35.2 Å². The van der Waals surface area contributed by atoms with Crippen LogP contribution in [-0.2, 0) is 0 Å². The lowest BCUT2D eigenvalue weighted by Crippen LogP contribution is -2.23. The molecule has 0 saturated heterocycles. The summed E-state index contributed by atoms with van der Waals surface area (Å²) < 4.78 is 5.18. The van der Waals surface area contributed by atoms with Crippen molar-refractivity contribution in [1.82, 2.24) is 0 Å². The second kappa shape index (κ2) is 5.12. The van der Waals surface area contributed by atoms with Crippen molar-refractivity contribution in [3.8, 4) is 5.75 Å². The zero-order chi connectivity index (χ0) is 11.4. The first-order chi connectivity index (χ1) is 7.06. The van der Waals surface area contributed by atoms with Crippen LogP contribution in [0.2, 0.25) is 0 Å². The molecule has 0 aliphatic carbocycles. The maximum absolute atomic E-state index is 5.64. The number of rotatable bonds is 4. The Morgan fingerprint density at radius 3 is 2.60 bits per heavy atom. The van der Waals surface area contributed by atoms with Crippen LogP contribution in [0.25, 0.3) is 0 Å². The summed E-state index contributed by atoms with van der Waals surface area (Å²) in [6.45, 7) is 4.17. The van der Waals surface area contributed by atoms with Crippen molar-refractivity contribution in [3.63, 3.8) is 0 Å². The number of methoxy groups -OCH3 is 1. The van der Waals surface area contributed by atoms with Gasteiger partial charge in [0.25, 0.3) is 0 Å². The fourth-order valence-corrected chi connectivity index (χ4v) is 1.66. The van der Waals surface area contributed by atoms with Gasteiger partial charge in [0.05, 0.1) is 12.1 Å². The normalized spacial score (nSPS) is 14.3. The van der Waals surface area contributed by atoms with Crippen LogP contribution in [0.15, 0.2) is 24.3 Å². The molecule has 0 saturated carbocycles. The number of benzene rings is 1. The SMILES string of the molecule is COc1cccc(C(C)C(C)C(N)=S)c1. The van der Waals surface area contributed by atoms with Crippen LogP contribution in [0.4, 0.5) is 0 Å². The number of nitrogens with two attached hydrogens (primary N) is 1. The molecular weight excluding hydrogens is 206 g/mol. The minimum atomic E-state index is 0.201. The predicted molar refractivity (Wildman–Crippen MR) is 67.4 cm³/mol. The molecule has 0 amide bonds. The largest absolute Gasteiger partial charge is 0.497 e. The first kappa shape index (κ1) is 12.0. The van der Waals surface area contributed by atoms with Crippen molar-refractivity contribution < 1.29 is 4.74 Å². The Hall–Kier alpha value is -1.09. The Labute approximate surface area is 96.4 Å². The second-order valence-corrected chi connectivity index (χ2v) is 4.23. The third-order valence-corrected chi connectivity index (χ3v) is 3.19. The summed E-state index contributed by atoms with van der Waals surface area (Å²) in [6.07, 6.45) is 0. The lowest BCUT2D eigenvalue weighted by molar-refractivity contribution is 0.413. The molecule has 3 heteroatoms. The number of hydrogen-bond acceptors (Lipinski definition) is 2. The molecule has 0 spiro atoms. The summed E-state index contributed by atoms with van der Waals surface area (Å²) >= 11 is 5.00. The van der Waals surface area contributed by atoms with E-state index in [9.17, 15) is 0 Å². The van der Waals surface area contributed by atoms with Gasteiger partial charge < -0.3 is 10.5 Å². The van der Waals surface area contributed by atoms with E-state index in [-0.39, 0.29) is 5.92 Å². The maximum Gasteiger partial charge on any atom is 0.119 e. The van der Waals surface area contributed by atoms with Gasteiger partial charge in [0.15, 0.2) is 0 Å². The summed E-state index contributed by atoms with van der Waals surface area (Å²) in [5, 5.41) is 0. The summed E-state index contributed by atoms with van der Waals surface area (Å²) in [7, 11) is 1.67. The molecule has 0 radical (unpaired) electrons. The molecule has 2 unspecified atom stereocenters. The molecule has 2 atom stereocenters. The van der Waals surface area contributed by atoms with Crippen LogP contribution in [0.3, 0.4) is 0 Å². The monoisotopic (exact) mass is 223 g/mol. The van der Waals surface area contributed by atoms with Crippen molar-refractivity contribution in [3.05, 3.63) is 29.8 Å². The standard InChI is InChI=1S/C12H17NOS/c1-8(9(2)12(13)15)10-5-4-6-11(7-10)14-3/h4-9H,1-3H3,(H2,13,15). The van der Waals surface area contributed by atoms with Gasteiger partial charge in [-0.05, 0) is 23.6 Å². The van der Waals surface area contributed by atoms with Gasteiger partial charge >= 0.3 is 0 Å². The highest BCUT2D eigenvalue weighted by Gasteiger charge is 2.16. The van der Waals surface area contributed by atoms with Gasteiger partial charge in [-0.15, -0.1) is 0 Å². The lowest BCUT2D eigenvalue weighted by Gasteiger charge is -2.19. The minimum absolute atomic E-state index is 0.201. The van der Waals surface area contributed by atoms with Gasteiger partial charge in [0, 0.05) is 5.92 Å². The van der Waals surface area contributed by atoms with Crippen molar-refractivity contribution in [2.75, 3.05) is 7.11 Å². The number of thiocarbonyl (C=S) groups is 1. The molecule has 0 aliphatic heterocycles. The molecule has 82 valence electrons. The Balaban J connectivity index is 2.90. The first-order valence-electron chi connectivity index (χ1n) is 4.99. The quantitative estimate of drug-likeness (QED) is 0.797. The van der Waals surface area contributed by atoms with E-state index in [4.69, 9.17) is 22.7 Å². The Morgan fingerprint density at radius 2 is 2.07 bits per heavy atom. The number of ether oxygens (including phenoxy) is 1. The molecule has 1 rings (SSSR count). The predicted octanol–water partition coefficient (Wildman–Crippen LogP) is 2.72. The molecule has 0 aliphatic rings. The van der Waals surface area contributed by atoms with Gasteiger partial charge in [0.2, 0.25) is 0 Å². The van der Waals surface area contributed by atoms with Crippen LogP contribution in [-0.4, -0.2) is 12.1 Å². The summed E-state index contributed by atoms with van der Waals surface area (Å²) in [5.74, 6) is 1.39. The molecule has 1 aromatic rings. The molecule has 0 aromatic heterocycles. The minimum Gasteiger partial charge on any atom is -0.497 e. The summed E-state index contributed by atoms with van der Waals surface area (Å²) in [4.78, 5) is 0.560. The Morgan fingerprint density at radius 1 is 1.40 bits per heavy atom. The second-order valence-electron chi connectivity index (χ2n) is 3.76. The molecule has 1 aromatic carbocycles. The maximum atomic E-state index is 5.64. The summed E-state index contributed by atoms with van der Waals surface area (Å²) in [5.41, 5.74) is 6.85. The van der Waals surface area contributed by atoms with Gasteiger partial charge in [-0.25, -0.2) is 0 Å². The molecule has 2 N–H and O–H groups in total. The van der Waals surface area contributed by atoms with Crippen LogP contribution in [0, 0.1) is 5.92 Å². The Kier molecular flexibility index (Phi) is 4.09. The molecule has 0 bridgehead atoms. The zero-order valence-electron chi connectivity index (χ0n) is 9.36. The van der Waals surface area contributed by atoms with Gasteiger partial charge in [0.1, 0.15) is 5.75 Å². The van der Waals surface area contributed by atoms with Crippen molar-refractivity contribution in [1.29, 1.82) is 0 Å². The molecule has 2 nitrogen and oxygen atoms in total.